The third kappa shape index (κ3) is 3.34. The summed E-state index contributed by atoms with van der Waals surface area (Å²) in [6, 6.07) is 11.6. The molecule has 0 aliphatic rings. The average Bonchev–Trinajstić information content (AvgIpc) is 2.89. The monoisotopic (exact) mass is 261 g/mol. The van der Waals surface area contributed by atoms with Crippen molar-refractivity contribution in [2.24, 2.45) is 0 Å². The Balaban J connectivity index is 1.89. The SMILES string of the molecule is COc1ccccc1CNC(=O)Cc1cccs1. The van der Waals surface area contributed by atoms with Crippen LogP contribution in [-0.2, 0) is 17.8 Å². The van der Waals surface area contributed by atoms with Gasteiger partial charge in [0.05, 0.1) is 13.5 Å². The molecule has 0 fully saturated rings. The summed E-state index contributed by atoms with van der Waals surface area (Å²) < 4.78 is 5.23. The third-order valence-corrected chi connectivity index (χ3v) is 3.46. The lowest BCUT2D eigenvalue weighted by Crippen LogP contribution is -2.24. The van der Waals surface area contributed by atoms with E-state index in [1.807, 2.05) is 41.8 Å². The van der Waals surface area contributed by atoms with Gasteiger partial charge in [0.15, 0.2) is 0 Å². The maximum Gasteiger partial charge on any atom is 0.225 e. The predicted molar refractivity (Wildman–Crippen MR) is 72.9 cm³/mol. The van der Waals surface area contributed by atoms with Crippen molar-refractivity contribution in [3.8, 4) is 5.75 Å². The van der Waals surface area contributed by atoms with Crippen molar-refractivity contribution >= 4 is 17.2 Å². The fourth-order valence-electron chi connectivity index (χ4n) is 1.68. The number of ether oxygens (including phenoxy) is 1. The first-order chi connectivity index (χ1) is 8.79. The van der Waals surface area contributed by atoms with Crippen molar-refractivity contribution in [1.29, 1.82) is 0 Å². The number of nitrogens with one attached hydrogen (secondary N) is 1. The normalized spacial score (nSPS) is 10.1. The molecule has 0 aliphatic heterocycles. The Bertz CT molecular complexity index is 508. The van der Waals surface area contributed by atoms with E-state index in [0.29, 0.717) is 13.0 Å². The molecule has 0 aliphatic carbocycles. The molecule has 0 saturated heterocycles. The zero-order valence-electron chi connectivity index (χ0n) is 10.2. The summed E-state index contributed by atoms with van der Waals surface area (Å²) in [7, 11) is 1.63. The number of para-hydroxylation sites is 1. The molecule has 2 aromatic rings. The van der Waals surface area contributed by atoms with Crippen LogP contribution in [0.3, 0.4) is 0 Å². The molecular weight excluding hydrogens is 246 g/mol. The molecule has 1 N–H and O–H groups in total. The predicted octanol–water partition coefficient (Wildman–Crippen LogP) is 2.62. The van der Waals surface area contributed by atoms with Crippen LogP contribution in [0.1, 0.15) is 10.4 Å². The number of carbonyl (C=O) groups is 1. The van der Waals surface area contributed by atoms with Crippen LogP contribution in [-0.4, -0.2) is 13.0 Å². The van der Waals surface area contributed by atoms with E-state index in [1.54, 1.807) is 18.4 Å². The lowest BCUT2D eigenvalue weighted by molar-refractivity contribution is -0.120. The van der Waals surface area contributed by atoms with Gasteiger partial charge in [-0.05, 0) is 17.5 Å². The van der Waals surface area contributed by atoms with Crippen LogP contribution in [0.5, 0.6) is 5.75 Å². The Kier molecular flexibility index (Phi) is 4.36. The topological polar surface area (TPSA) is 38.3 Å². The van der Waals surface area contributed by atoms with Crippen LogP contribution in [0, 0.1) is 0 Å². The minimum absolute atomic E-state index is 0.0309. The zero-order valence-corrected chi connectivity index (χ0v) is 11.0. The molecule has 0 bridgehead atoms. The minimum atomic E-state index is 0.0309. The van der Waals surface area contributed by atoms with Crippen LogP contribution in [0.25, 0.3) is 0 Å². The molecule has 18 heavy (non-hydrogen) atoms. The van der Waals surface area contributed by atoms with Gasteiger partial charge in [-0.15, -0.1) is 11.3 Å². The highest BCUT2D eigenvalue weighted by molar-refractivity contribution is 7.10. The number of methoxy groups -OCH3 is 1. The van der Waals surface area contributed by atoms with E-state index >= 15 is 0 Å². The van der Waals surface area contributed by atoms with E-state index in [4.69, 9.17) is 4.74 Å². The molecule has 0 atom stereocenters. The molecule has 1 aromatic heterocycles. The molecule has 1 amide bonds. The van der Waals surface area contributed by atoms with E-state index in [1.165, 1.54) is 0 Å². The summed E-state index contributed by atoms with van der Waals surface area (Å²) in [4.78, 5) is 12.8. The van der Waals surface area contributed by atoms with E-state index in [2.05, 4.69) is 5.32 Å². The quantitative estimate of drug-likeness (QED) is 0.898. The Hall–Kier alpha value is -1.81. The van der Waals surface area contributed by atoms with Gasteiger partial charge in [-0.2, -0.15) is 0 Å². The van der Waals surface area contributed by atoms with Gasteiger partial charge in [0.2, 0.25) is 5.91 Å². The van der Waals surface area contributed by atoms with E-state index in [9.17, 15) is 4.79 Å². The van der Waals surface area contributed by atoms with Gasteiger partial charge in [0.25, 0.3) is 0 Å². The fraction of sp³-hybridized carbons (Fsp3) is 0.214. The molecule has 0 spiro atoms. The number of amides is 1. The van der Waals surface area contributed by atoms with Crippen LogP contribution in [0.15, 0.2) is 41.8 Å². The van der Waals surface area contributed by atoms with Crippen LogP contribution >= 0.6 is 11.3 Å². The number of thiophene rings is 1. The highest BCUT2D eigenvalue weighted by Crippen LogP contribution is 2.16. The lowest BCUT2D eigenvalue weighted by atomic mass is 10.2. The molecule has 3 nitrogen and oxygen atoms in total. The second-order valence-electron chi connectivity index (χ2n) is 3.84. The van der Waals surface area contributed by atoms with Gasteiger partial charge in [-0.3, -0.25) is 4.79 Å². The Morgan fingerprint density at radius 1 is 1.28 bits per heavy atom. The van der Waals surface area contributed by atoms with Gasteiger partial charge < -0.3 is 10.1 Å². The van der Waals surface area contributed by atoms with Gasteiger partial charge in [0.1, 0.15) is 5.75 Å². The number of benzene rings is 1. The smallest absolute Gasteiger partial charge is 0.225 e. The molecule has 1 heterocycles. The summed E-state index contributed by atoms with van der Waals surface area (Å²) in [5.41, 5.74) is 0.986. The molecule has 2 rings (SSSR count). The second-order valence-corrected chi connectivity index (χ2v) is 4.88. The molecule has 94 valence electrons. The van der Waals surface area contributed by atoms with Gasteiger partial charge in [-0.25, -0.2) is 0 Å². The first kappa shape index (κ1) is 12.6. The van der Waals surface area contributed by atoms with Crippen molar-refractivity contribution in [1.82, 2.24) is 5.32 Å². The fourth-order valence-corrected chi connectivity index (χ4v) is 2.38. The summed E-state index contributed by atoms with van der Waals surface area (Å²) in [5, 5.41) is 4.87. The number of hydrogen-bond donors (Lipinski definition) is 1. The van der Waals surface area contributed by atoms with Crippen molar-refractivity contribution in [2.75, 3.05) is 7.11 Å². The van der Waals surface area contributed by atoms with Gasteiger partial charge in [0, 0.05) is 17.0 Å². The van der Waals surface area contributed by atoms with E-state index < -0.39 is 0 Å². The minimum Gasteiger partial charge on any atom is -0.496 e. The van der Waals surface area contributed by atoms with Crippen molar-refractivity contribution in [3.05, 3.63) is 52.2 Å². The van der Waals surface area contributed by atoms with Gasteiger partial charge in [-0.1, -0.05) is 24.3 Å². The average molecular weight is 261 g/mol. The van der Waals surface area contributed by atoms with Crippen molar-refractivity contribution in [2.45, 2.75) is 13.0 Å². The van der Waals surface area contributed by atoms with Gasteiger partial charge >= 0.3 is 0 Å². The number of carbonyl (C=O) groups excluding carboxylic acids is 1. The Labute approximate surface area is 110 Å². The first-order valence-corrected chi connectivity index (χ1v) is 6.58. The summed E-state index contributed by atoms with van der Waals surface area (Å²) >= 11 is 1.60. The standard InChI is InChI=1S/C14H15NO2S/c1-17-13-7-3-2-5-11(13)10-15-14(16)9-12-6-4-8-18-12/h2-8H,9-10H2,1H3,(H,15,16). The zero-order chi connectivity index (χ0) is 12.8. The Morgan fingerprint density at radius 3 is 2.83 bits per heavy atom. The van der Waals surface area contributed by atoms with Crippen molar-refractivity contribution < 1.29 is 9.53 Å². The molecule has 1 aromatic carbocycles. The molecule has 4 heteroatoms. The Morgan fingerprint density at radius 2 is 2.11 bits per heavy atom. The van der Waals surface area contributed by atoms with Crippen molar-refractivity contribution in [3.63, 3.8) is 0 Å². The highest BCUT2D eigenvalue weighted by atomic mass is 32.1. The number of hydrogen-bond acceptors (Lipinski definition) is 3. The lowest BCUT2D eigenvalue weighted by Gasteiger charge is -2.09. The van der Waals surface area contributed by atoms with Crippen LogP contribution < -0.4 is 10.1 Å². The summed E-state index contributed by atoms with van der Waals surface area (Å²) in [5.74, 6) is 0.831. The maximum atomic E-state index is 11.7. The summed E-state index contributed by atoms with van der Waals surface area (Å²) in [6.45, 7) is 0.494. The summed E-state index contributed by atoms with van der Waals surface area (Å²) in [6.07, 6.45) is 0.437. The van der Waals surface area contributed by atoms with E-state index in [-0.39, 0.29) is 5.91 Å². The first-order valence-electron chi connectivity index (χ1n) is 5.70. The third-order valence-electron chi connectivity index (χ3n) is 2.58. The van der Waals surface area contributed by atoms with Crippen LogP contribution in [0.2, 0.25) is 0 Å². The molecule has 0 saturated carbocycles. The maximum absolute atomic E-state index is 11.7. The molecule has 0 unspecified atom stereocenters. The van der Waals surface area contributed by atoms with E-state index in [0.717, 1.165) is 16.2 Å². The number of rotatable bonds is 5. The molecular formula is C14H15NO2S. The largest absolute Gasteiger partial charge is 0.496 e. The second kappa shape index (κ2) is 6.21. The highest BCUT2D eigenvalue weighted by Gasteiger charge is 2.06. The van der Waals surface area contributed by atoms with Crippen LogP contribution in [0.4, 0.5) is 0 Å². The molecule has 0 radical (unpaired) electrons.